The Balaban J connectivity index is 1.23. The molecule has 2 heterocycles. The lowest BCUT2D eigenvalue weighted by Crippen LogP contribution is -2.48. The molecule has 0 aromatic heterocycles. The molecule has 2 aromatic rings. The number of aliphatic hydroxyl groups excluding tert-OH is 2. The molecule has 2 saturated heterocycles. The molecule has 2 aromatic carbocycles. The van der Waals surface area contributed by atoms with Gasteiger partial charge >= 0.3 is 0 Å². The van der Waals surface area contributed by atoms with E-state index in [-0.39, 0.29) is 5.91 Å². The summed E-state index contributed by atoms with van der Waals surface area (Å²) in [4.78, 5) is 41.7. The monoisotopic (exact) mass is 560 g/mol. The summed E-state index contributed by atoms with van der Waals surface area (Å²) in [6.07, 6.45) is 5.10. The number of nitrogens with one attached hydrogen (secondary N) is 2. The zero-order chi connectivity index (χ0) is 29.2. The van der Waals surface area contributed by atoms with Gasteiger partial charge in [-0.1, -0.05) is 18.3 Å². The van der Waals surface area contributed by atoms with Gasteiger partial charge in [0.1, 0.15) is 12.6 Å². The van der Waals surface area contributed by atoms with Gasteiger partial charge in [-0.25, -0.2) is 0 Å². The van der Waals surface area contributed by atoms with Crippen LogP contribution in [-0.4, -0.2) is 95.1 Å². The van der Waals surface area contributed by atoms with Gasteiger partial charge in [0.05, 0.1) is 12.6 Å². The van der Waals surface area contributed by atoms with Crippen molar-refractivity contribution in [3.8, 4) is 11.8 Å². The van der Waals surface area contributed by atoms with Gasteiger partial charge in [0.15, 0.2) is 5.78 Å². The minimum absolute atomic E-state index is 0.00937. The summed E-state index contributed by atoms with van der Waals surface area (Å²) in [5.41, 5.74) is 2.51. The van der Waals surface area contributed by atoms with Gasteiger partial charge in [-0.15, -0.1) is 0 Å². The van der Waals surface area contributed by atoms with Crippen molar-refractivity contribution >= 4 is 23.3 Å². The summed E-state index contributed by atoms with van der Waals surface area (Å²) in [5, 5.41) is 24.2. The van der Waals surface area contributed by atoms with E-state index in [1.165, 1.54) is 39.3 Å². The second kappa shape index (κ2) is 14.9. The summed E-state index contributed by atoms with van der Waals surface area (Å²) >= 11 is 0. The van der Waals surface area contributed by atoms with Crippen molar-refractivity contribution in [3.63, 3.8) is 0 Å². The molecule has 41 heavy (non-hydrogen) atoms. The van der Waals surface area contributed by atoms with Crippen molar-refractivity contribution in [3.05, 3.63) is 65.2 Å². The van der Waals surface area contributed by atoms with Crippen molar-refractivity contribution in [2.45, 2.75) is 57.2 Å². The van der Waals surface area contributed by atoms with E-state index in [0.29, 0.717) is 23.7 Å². The predicted molar refractivity (Wildman–Crippen MR) is 157 cm³/mol. The van der Waals surface area contributed by atoms with Crippen molar-refractivity contribution in [2.75, 3.05) is 44.6 Å². The van der Waals surface area contributed by atoms with E-state index in [1.54, 1.807) is 24.3 Å². The molecule has 4 rings (SSSR count). The minimum Gasteiger partial charge on any atom is -0.391 e. The van der Waals surface area contributed by atoms with Crippen LogP contribution in [0.4, 0.5) is 5.69 Å². The van der Waals surface area contributed by atoms with Crippen molar-refractivity contribution in [2.24, 2.45) is 0 Å². The number of aliphatic hydroxyl groups is 2. The molecular weight excluding hydrogens is 520 g/mol. The average Bonchev–Trinajstić information content (AvgIpc) is 3.00. The van der Waals surface area contributed by atoms with Crippen LogP contribution in [-0.2, 0) is 9.59 Å². The van der Waals surface area contributed by atoms with Crippen LogP contribution in [0.2, 0.25) is 0 Å². The molecule has 0 saturated carbocycles. The van der Waals surface area contributed by atoms with E-state index in [0.717, 1.165) is 37.2 Å². The molecule has 9 heteroatoms. The molecule has 218 valence electrons. The summed E-state index contributed by atoms with van der Waals surface area (Å²) < 4.78 is 0. The number of hydrogen-bond acceptors (Lipinski definition) is 7. The third kappa shape index (κ3) is 8.97. The molecular formula is C32H40N4O5. The molecule has 0 bridgehead atoms. The fourth-order valence-electron chi connectivity index (χ4n) is 5.41. The highest BCUT2D eigenvalue weighted by atomic mass is 16.3. The van der Waals surface area contributed by atoms with Gasteiger partial charge in [0.25, 0.3) is 5.91 Å². The van der Waals surface area contributed by atoms with E-state index in [4.69, 9.17) is 5.11 Å². The van der Waals surface area contributed by atoms with Gasteiger partial charge in [-0.3, -0.25) is 19.3 Å². The summed E-state index contributed by atoms with van der Waals surface area (Å²) in [6, 6.07) is 13.4. The number of rotatable bonds is 9. The first-order valence-electron chi connectivity index (χ1n) is 14.4. The predicted octanol–water partition coefficient (Wildman–Crippen LogP) is 2.02. The number of Topliss-reactive ketones (excluding diaryl/α,β-unsaturated/α-hetero) is 1. The van der Waals surface area contributed by atoms with Crippen molar-refractivity contribution in [1.82, 2.24) is 15.1 Å². The molecule has 2 atom stereocenters. The highest BCUT2D eigenvalue weighted by molar-refractivity contribution is 5.98. The van der Waals surface area contributed by atoms with E-state index in [2.05, 4.69) is 32.3 Å². The smallest absolute Gasteiger partial charge is 0.251 e. The van der Waals surface area contributed by atoms with Gasteiger partial charge < -0.3 is 25.7 Å². The van der Waals surface area contributed by atoms with Gasteiger partial charge in [0, 0.05) is 41.5 Å². The molecule has 4 N–H and O–H groups in total. The molecule has 0 spiro atoms. The lowest BCUT2D eigenvalue weighted by molar-refractivity contribution is -0.126. The van der Waals surface area contributed by atoms with Gasteiger partial charge in [-0.2, -0.15) is 0 Å². The number of nitrogens with zero attached hydrogens (tertiary/aromatic N) is 2. The number of amides is 2. The van der Waals surface area contributed by atoms with Crippen LogP contribution in [0.3, 0.4) is 0 Å². The number of carbonyl (C=O) groups excluding carboxylic acids is 3. The maximum absolute atomic E-state index is 12.6. The molecule has 0 unspecified atom stereocenters. The van der Waals surface area contributed by atoms with Crippen LogP contribution in [0, 0.1) is 11.8 Å². The first kappa shape index (κ1) is 30.4. The van der Waals surface area contributed by atoms with Crippen LogP contribution >= 0.6 is 0 Å². The number of hydrogen-bond donors (Lipinski definition) is 4. The van der Waals surface area contributed by atoms with E-state index < -0.39 is 30.4 Å². The topological polar surface area (TPSA) is 122 Å². The number of piperidine rings is 2. The zero-order valence-electron chi connectivity index (χ0n) is 23.6. The van der Waals surface area contributed by atoms with Crippen LogP contribution in [0.25, 0.3) is 0 Å². The lowest BCUT2D eigenvalue weighted by atomic mass is 10.00. The van der Waals surface area contributed by atoms with Gasteiger partial charge in [0.2, 0.25) is 5.91 Å². The number of anilines is 1. The molecule has 2 aliphatic rings. The first-order valence-corrected chi connectivity index (χ1v) is 14.4. The fourth-order valence-corrected chi connectivity index (χ4v) is 5.41. The van der Waals surface area contributed by atoms with Crippen LogP contribution in [0.5, 0.6) is 0 Å². The Morgan fingerprint density at radius 1 is 0.902 bits per heavy atom. The number of ketones is 1. The normalized spacial score (nSPS) is 18.0. The molecule has 0 radical (unpaired) electrons. The minimum atomic E-state index is -1.18. The second-order valence-electron chi connectivity index (χ2n) is 10.9. The summed E-state index contributed by atoms with van der Waals surface area (Å²) in [5.74, 6) is 4.92. The number of carbonyl (C=O) groups is 3. The standard InChI is InChI=1S/C32H40N4O5/c1-23(38)31(29(39)22-37)34-32(41)26-11-7-24(8-12-26)5-6-25-9-13-27(14-10-25)33-30(40)21-35-19-15-28(16-20-35)36-17-3-2-4-18-36/h7-14,23,28,31,37-38H,2-4,15-22H2,1H3,(H,33,40)(H,34,41)/t23-,31+/m1/s1. The number of benzene rings is 2. The fraction of sp³-hybridized carbons (Fsp3) is 0.469. The van der Waals surface area contributed by atoms with Gasteiger partial charge in [-0.05, 0) is 94.2 Å². The van der Waals surface area contributed by atoms with Crippen LogP contribution < -0.4 is 10.6 Å². The maximum Gasteiger partial charge on any atom is 0.251 e. The number of likely N-dealkylation sites (tertiary alicyclic amines) is 2. The first-order chi connectivity index (χ1) is 19.8. The lowest BCUT2D eigenvalue weighted by Gasteiger charge is -2.40. The Hall–Kier alpha value is -3.55. The maximum atomic E-state index is 12.6. The molecule has 2 aliphatic heterocycles. The highest BCUT2D eigenvalue weighted by Gasteiger charge is 2.27. The van der Waals surface area contributed by atoms with Crippen molar-refractivity contribution in [1.29, 1.82) is 0 Å². The van der Waals surface area contributed by atoms with E-state index in [1.807, 2.05) is 24.3 Å². The molecule has 2 amide bonds. The van der Waals surface area contributed by atoms with Crippen LogP contribution in [0.1, 0.15) is 60.5 Å². The Morgan fingerprint density at radius 2 is 1.49 bits per heavy atom. The highest BCUT2D eigenvalue weighted by Crippen LogP contribution is 2.21. The second-order valence-corrected chi connectivity index (χ2v) is 10.9. The summed E-state index contributed by atoms with van der Waals surface area (Å²) in [7, 11) is 0. The molecule has 9 nitrogen and oxygen atoms in total. The summed E-state index contributed by atoms with van der Waals surface area (Å²) in [6.45, 7) is 5.37. The van der Waals surface area contributed by atoms with Crippen molar-refractivity contribution < 1.29 is 24.6 Å². The Kier molecular flexibility index (Phi) is 11.0. The SMILES string of the molecule is C[C@@H](O)[C@H](NC(=O)c1ccc(C#Cc2ccc(NC(=O)CN3CCC(N4CCCCC4)CC3)cc2)cc1)C(=O)CO. The Labute approximate surface area is 241 Å². The molecule has 0 aliphatic carbocycles. The Morgan fingerprint density at radius 3 is 2.05 bits per heavy atom. The molecule has 2 fully saturated rings. The van der Waals surface area contributed by atoms with Crippen LogP contribution in [0.15, 0.2) is 48.5 Å². The van der Waals surface area contributed by atoms with E-state index in [9.17, 15) is 19.5 Å². The quantitative estimate of drug-likeness (QED) is 0.346. The zero-order valence-corrected chi connectivity index (χ0v) is 23.6. The largest absolute Gasteiger partial charge is 0.391 e. The van der Waals surface area contributed by atoms with E-state index >= 15 is 0 Å². The average molecular weight is 561 g/mol. The third-order valence-corrected chi connectivity index (χ3v) is 7.77. The Bertz CT molecular complexity index is 1240. The third-order valence-electron chi connectivity index (χ3n) is 7.77.